The van der Waals surface area contributed by atoms with Gasteiger partial charge in [-0.05, 0) is 19.3 Å². The molecule has 1 atom stereocenters. The van der Waals surface area contributed by atoms with Crippen LogP contribution in [0.1, 0.15) is 39.0 Å². The van der Waals surface area contributed by atoms with E-state index in [1.165, 1.54) is 0 Å². The third-order valence-electron chi connectivity index (χ3n) is 2.33. The molecule has 13 heavy (non-hydrogen) atoms. The number of carbonyl (C=O) groups excluding carboxylic acids is 2. The molecular formula is C10H16O3. The lowest BCUT2D eigenvalue weighted by atomic mass is 10.1. The van der Waals surface area contributed by atoms with Crippen LogP contribution in [0.4, 0.5) is 0 Å². The molecule has 0 spiro atoms. The van der Waals surface area contributed by atoms with Crippen molar-refractivity contribution in [1.29, 1.82) is 0 Å². The molecule has 0 aliphatic heterocycles. The van der Waals surface area contributed by atoms with Crippen LogP contribution in [0.15, 0.2) is 0 Å². The first-order valence-electron chi connectivity index (χ1n) is 4.95. The van der Waals surface area contributed by atoms with Crippen LogP contribution in [0.3, 0.4) is 0 Å². The summed E-state index contributed by atoms with van der Waals surface area (Å²) >= 11 is 0. The Morgan fingerprint density at radius 3 is 2.92 bits per heavy atom. The lowest BCUT2D eigenvalue weighted by molar-refractivity contribution is -0.151. The van der Waals surface area contributed by atoms with Crippen molar-refractivity contribution in [3.63, 3.8) is 0 Å². The second-order valence-electron chi connectivity index (χ2n) is 3.43. The zero-order valence-electron chi connectivity index (χ0n) is 8.04. The first-order valence-corrected chi connectivity index (χ1v) is 4.95. The standard InChI is InChI=1S/C10H16O3/c1-2-3-7-13-10(12)8-5-4-6-9(8)11/h8H,2-7H2,1H3. The minimum absolute atomic E-state index is 0.0569. The lowest BCUT2D eigenvalue weighted by Crippen LogP contribution is -2.21. The Morgan fingerprint density at radius 1 is 1.62 bits per heavy atom. The van der Waals surface area contributed by atoms with E-state index in [1.54, 1.807) is 0 Å². The van der Waals surface area contributed by atoms with Crippen molar-refractivity contribution in [3.05, 3.63) is 0 Å². The third kappa shape index (κ3) is 2.83. The predicted molar refractivity (Wildman–Crippen MR) is 48.2 cm³/mol. The minimum Gasteiger partial charge on any atom is -0.465 e. The van der Waals surface area contributed by atoms with Crippen molar-refractivity contribution >= 4 is 11.8 Å². The molecule has 1 unspecified atom stereocenters. The van der Waals surface area contributed by atoms with Crippen LogP contribution in [-0.2, 0) is 14.3 Å². The third-order valence-corrected chi connectivity index (χ3v) is 2.33. The van der Waals surface area contributed by atoms with E-state index >= 15 is 0 Å². The maximum absolute atomic E-state index is 11.3. The highest BCUT2D eigenvalue weighted by atomic mass is 16.5. The summed E-state index contributed by atoms with van der Waals surface area (Å²) in [6.45, 7) is 2.49. The number of carbonyl (C=O) groups is 2. The van der Waals surface area contributed by atoms with Crippen LogP contribution in [-0.4, -0.2) is 18.4 Å². The Labute approximate surface area is 78.5 Å². The van der Waals surface area contributed by atoms with Crippen LogP contribution >= 0.6 is 0 Å². The fraction of sp³-hybridized carbons (Fsp3) is 0.800. The van der Waals surface area contributed by atoms with E-state index in [0.717, 1.165) is 19.3 Å². The fourth-order valence-electron chi connectivity index (χ4n) is 1.48. The van der Waals surface area contributed by atoms with Crippen molar-refractivity contribution in [1.82, 2.24) is 0 Å². The Morgan fingerprint density at radius 2 is 2.38 bits per heavy atom. The van der Waals surface area contributed by atoms with Gasteiger partial charge in [0.25, 0.3) is 0 Å². The molecule has 0 bridgehead atoms. The monoisotopic (exact) mass is 184 g/mol. The summed E-state index contributed by atoms with van der Waals surface area (Å²) in [5, 5.41) is 0. The topological polar surface area (TPSA) is 43.4 Å². The van der Waals surface area contributed by atoms with Crippen molar-refractivity contribution < 1.29 is 14.3 Å². The molecule has 74 valence electrons. The van der Waals surface area contributed by atoms with E-state index in [2.05, 4.69) is 0 Å². The highest BCUT2D eigenvalue weighted by molar-refractivity contribution is 6.00. The van der Waals surface area contributed by atoms with Gasteiger partial charge < -0.3 is 4.74 Å². The molecule has 1 saturated carbocycles. The average Bonchev–Trinajstić information content (AvgIpc) is 2.52. The number of ether oxygens (including phenoxy) is 1. The normalized spacial score (nSPS) is 21.9. The van der Waals surface area contributed by atoms with Crippen LogP contribution in [0.25, 0.3) is 0 Å². The number of ketones is 1. The smallest absolute Gasteiger partial charge is 0.316 e. The average molecular weight is 184 g/mol. The molecule has 1 aliphatic carbocycles. The summed E-state index contributed by atoms with van der Waals surface area (Å²) < 4.78 is 4.98. The number of hydrogen-bond acceptors (Lipinski definition) is 3. The molecule has 0 N–H and O–H groups in total. The second-order valence-corrected chi connectivity index (χ2v) is 3.43. The van der Waals surface area contributed by atoms with Crippen LogP contribution < -0.4 is 0 Å². The van der Waals surface area contributed by atoms with Crippen LogP contribution in [0.2, 0.25) is 0 Å². The van der Waals surface area contributed by atoms with E-state index in [4.69, 9.17) is 4.74 Å². The second kappa shape index (κ2) is 5.00. The maximum Gasteiger partial charge on any atom is 0.316 e. The van der Waals surface area contributed by atoms with Gasteiger partial charge in [0.1, 0.15) is 11.7 Å². The first kappa shape index (κ1) is 10.2. The molecular weight excluding hydrogens is 168 g/mol. The number of esters is 1. The van der Waals surface area contributed by atoms with E-state index in [9.17, 15) is 9.59 Å². The van der Waals surface area contributed by atoms with Crippen molar-refractivity contribution in [2.75, 3.05) is 6.61 Å². The van der Waals surface area contributed by atoms with Gasteiger partial charge in [0.05, 0.1) is 6.61 Å². The maximum atomic E-state index is 11.3. The number of hydrogen-bond donors (Lipinski definition) is 0. The zero-order valence-corrected chi connectivity index (χ0v) is 8.04. The fourth-order valence-corrected chi connectivity index (χ4v) is 1.48. The van der Waals surface area contributed by atoms with Crippen molar-refractivity contribution in [2.24, 2.45) is 5.92 Å². The zero-order chi connectivity index (χ0) is 9.68. The Hall–Kier alpha value is -0.860. The summed E-state index contributed by atoms with van der Waals surface area (Å²) in [6, 6.07) is 0. The van der Waals surface area contributed by atoms with Crippen LogP contribution in [0.5, 0.6) is 0 Å². The van der Waals surface area contributed by atoms with Gasteiger partial charge in [0.15, 0.2) is 0 Å². The summed E-state index contributed by atoms with van der Waals surface area (Å²) in [5.74, 6) is -0.700. The number of Topliss-reactive ketones (excluding diaryl/α,β-unsaturated/α-hetero) is 1. The molecule has 3 nitrogen and oxygen atoms in total. The van der Waals surface area contributed by atoms with Gasteiger partial charge >= 0.3 is 5.97 Å². The highest BCUT2D eigenvalue weighted by Crippen LogP contribution is 2.22. The van der Waals surface area contributed by atoms with Gasteiger partial charge in [-0.2, -0.15) is 0 Å². The molecule has 1 aliphatic rings. The quantitative estimate of drug-likeness (QED) is 0.379. The Bertz CT molecular complexity index is 198. The lowest BCUT2D eigenvalue weighted by Gasteiger charge is -2.07. The van der Waals surface area contributed by atoms with E-state index in [-0.39, 0.29) is 11.8 Å². The predicted octanol–water partition coefficient (Wildman–Crippen LogP) is 1.70. The van der Waals surface area contributed by atoms with Gasteiger partial charge in [-0.15, -0.1) is 0 Å². The summed E-state index contributed by atoms with van der Waals surface area (Å²) in [4.78, 5) is 22.4. The molecule has 0 aromatic heterocycles. The van der Waals surface area contributed by atoms with Gasteiger partial charge in [-0.25, -0.2) is 0 Å². The van der Waals surface area contributed by atoms with Crippen LogP contribution in [0, 0.1) is 5.92 Å². The van der Waals surface area contributed by atoms with Gasteiger partial charge in [0.2, 0.25) is 0 Å². The number of unbranched alkanes of at least 4 members (excludes halogenated alkanes) is 1. The molecule has 1 rings (SSSR count). The molecule has 0 aromatic rings. The molecule has 1 fully saturated rings. The van der Waals surface area contributed by atoms with E-state index in [1.807, 2.05) is 6.92 Å². The largest absolute Gasteiger partial charge is 0.465 e. The van der Waals surface area contributed by atoms with Gasteiger partial charge in [0, 0.05) is 6.42 Å². The summed E-state index contributed by atoms with van der Waals surface area (Å²) in [5.41, 5.74) is 0. The minimum atomic E-state index is -0.447. The number of rotatable bonds is 4. The summed E-state index contributed by atoms with van der Waals surface area (Å²) in [6.07, 6.45) is 3.96. The van der Waals surface area contributed by atoms with E-state index < -0.39 is 5.92 Å². The molecule has 0 radical (unpaired) electrons. The van der Waals surface area contributed by atoms with Crippen molar-refractivity contribution in [2.45, 2.75) is 39.0 Å². The van der Waals surface area contributed by atoms with E-state index in [0.29, 0.717) is 19.4 Å². The molecule has 0 aromatic carbocycles. The van der Waals surface area contributed by atoms with Gasteiger partial charge in [-0.3, -0.25) is 9.59 Å². The SMILES string of the molecule is CCCCOC(=O)C1CCCC1=O. The first-order chi connectivity index (χ1) is 6.25. The van der Waals surface area contributed by atoms with Gasteiger partial charge in [-0.1, -0.05) is 13.3 Å². The summed E-state index contributed by atoms with van der Waals surface area (Å²) in [7, 11) is 0. The Kier molecular flexibility index (Phi) is 3.93. The molecule has 0 saturated heterocycles. The molecule has 3 heteroatoms. The highest BCUT2D eigenvalue weighted by Gasteiger charge is 2.31. The molecule has 0 amide bonds. The van der Waals surface area contributed by atoms with Crippen molar-refractivity contribution in [3.8, 4) is 0 Å². The molecule has 0 heterocycles. The Balaban J connectivity index is 2.26.